The standard InChI is InChI=1S/C13H14F5NO2/c1-21-7(20)5-3-2-4-6-19-13-11(17)9(15)8(14)10(16)12(13)18/h19H,2-6H2,1H3. The molecule has 0 heterocycles. The summed E-state index contributed by atoms with van der Waals surface area (Å²) in [7, 11) is 1.26. The van der Waals surface area contributed by atoms with Gasteiger partial charge >= 0.3 is 5.97 Å². The Bertz CT molecular complexity index is 493. The number of methoxy groups -OCH3 is 1. The smallest absolute Gasteiger partial charge is 0.305 e. The van der Waals surface area contributed by atoms with E-state index in [0.29, 0.717) is 19.3 Å². The molecule has 1 N–H and O–H groups in total. The third-order valence-electron chi connectivity index (χ3n) is 2.80. The summed E-state index contributed by atoms with van der Waals surface area (Å²) in [6.45, 7) is 0.0134. The van der Waals surface area contributed by atoms with Crippen molar-refractivity contribution in [2.75, 3.05) is 19.0 Å². The molecule has 1 rings (SSSR count). The quantitative estimate of drug-likeness (QED) is 0.275. The van der Waals surface area contributed by atoms with E-state index in [1.165, 1.54) is 7.11 Å². The number of anilines is 1. The van der Waals surface area contributed by atoms with Crippen LogP contribution < -0.4 is 5.32 Å². The molecule has 0 atom stereocenters. The zero-order valence-electron chi connectivity index (χ0n) is 11.2. The molecule has 1 aromatic carbocycles. The van der Waals surface area contributed by atoms with Gasteiger partial charge in [-0.25, -0.2) is 22.0 Å². The Morgan fingerprint density at radius 1 is 0.905 bits per heavy atom. The van der Waals surface area contributed by atoms with Crippen molar-refractivity contribution >= 4 is 11.7 Å². The average molecular weight is 311 g/mol. The number of rotatable bonds is 7. The maximum Gasteiger partial charge on any atom is 0.305 e. The number of nitrogens with one attached hydrogen (secondary N) is 1. The fraction of sp³-hybridized carbons (Fsp3) is 0.462. The number of ether oxygens (including phenoxy) is 1. The van der Waals surface area contributed by atoms with Crippen molar-refractivity contribution in [1.82, 2.24) is 0 Å². The molecule has 0 aliphatic heterocycles. The summed E-state index contributed by atoms with van der Waals surface area (Å²) < 4.78 is 69.6. The molecule has 0 amide bonds. The molecule has 0 spiro atoms. The summed E-state index contributed by atoms with van der Waals surface area (Å²) in [5.41, 5.74) is -1.04. The Balaban J connectivity index is 2.51. The van der Waals surface area contributed by atoms with Gasteiger partial charge in [-0.1, -0.05) is 6.42 Å². The van der Waals surface area contributed by atoms with Gasteiger partial charge in [0.15, 0.2) is 23.3 Å². The maximum atomic E-state index is 13.3. The second-order valence-electron chi connectivity index (χ2n) is 4.26. The zero-order chi connectivity index (χ0) is 16.0. The first-order valence-electron chi connectivity index (χ1n) is 6.22. The van der Waals surface area contributed by atoms with E-state index in [2.05, 4.69) is 10.1 Å². The van der Waals surface area contributed by atoms with E-state index in [1.807, 2.05) is 0 Å². The van der Waals surface area contributed by atoms with E-state index in [4.69, 9.17) is 0 Å². The summed E-state index contributed by atoms with van der Waals surface area (Å²) in [5, 5.41) is 2.18. The summed E-state index contributed by atoms with van der Waals surface area (Å²) >= 11 is 0. The monoisotopic (exact) mass is 311 g/mol. The Morgan fingerprint density at radius 2 is 1.43 bits per heavy atom. The van der Waals surface area contributed by atoms with Crippen LogP contribution in [0.5, 0.6) is 0 Å². The fourth-order valence-electron chi connectivity index (χ4n) is 1.65. The molecular weight excluding hydrogens is 297 g/mol. The molecule has 0 aliphatic rings. The van der Waals surface area contributed by atoms with Crippen molar-refractivity contribution < 1.29 is 31.5 Å². The van der Waals surface area contributed by atoms with Gasteiger partial charge in [-0.15, -0.1) is 0 Å². The molecule has 0 saturated carbocycles. The fourth-order valence-corrected chi connectivity index (χ4v) is 1.65. The van der Waals surface area contributed by atoms with Crippen LogP contribution in [0.1, 0.15) is 25.7 Å². The van der Waals surface area contributed by atoms with Crippen LogP contribution in [0.25, 0.3) is 0 Å². The Morgan fingerprint density at radius 3 is 1.95 bits per heavy atom. The first kappa shape index (κ1) is 17.2. The van der Waals surface area contributed by atoms with Crippen LogP contribution in [0.3, 0.4) is 0 Å². The van der Waals surface area contributed by atoms with Crippen molar-refractivity contribution in [3.8, 4) is 0 Å². The largest absolute Gasteiger partial charge is 0.469 e. The number of hydrogen-bond acceptors (Lipinski definition) is 3. The highest BCUT2D eigenvalue weighted by atomic mass is 19.2. The average Bonchev–Trinajstić information content (AvgIpc) is 2.49. The van der Waals surface area contributed by atoms with Crippen LogP contribution in [-0.2, 0) is 9.53 Å². The van der Waals surface area contributed by atoms with Crippen LogP contribution in [0.2, 0.25) is 0 Å². The van der Waals surface area contributed by atoms with Crippen molar-refractivity contribution in [2.45, 2.75) is 25.7 Å². The Kier molecular flexibility index (Phi) is 6.39. The second-order valence-corrected chi connectivity index (χ2v) is 4.26. The molecule has 0 aromatic heterocycles. The number of hydrogen-bond donors (Lipinski definition) is 1. The number of unbranched alkanes of at least 4 members (excludes halogenated alkanes) is 2. The van der Waals surface area contributed by atoms with Crippen LogP contribution in [0.4, 0.5) is 27.6 Å². The van der Waals surface area contributed by atoms with Crippen LogP contribution in [0, 0.1) is 29.1 Å². The molecule has 1 aromatic rings. The first-order chi connectivity index (χ1) is 9.90. The lowest BCUT2D eigenvalue weighted by Gasteiger charge is -2.10. The van der Waals surface area contributed by atoms with Gasteiger partial charge in [0.25, 0.3) is 0 Å². The molecular formula is C13H14F5NO2. The van der Waals surface area contributed by atoms with Gasteiger partial charge < -0.3 is 10.1 Å². The molecule has 21 heavy (non-hydrogen) atoms. The van der Waals surface area contributed by atoms with Gasteiger partial charge in [0.1, 0.15) is 5.69 Å². The molecule has 0 saturated heterocycles. The first-order valence-corrected chi connectivity index (χ1v) is 6.22. The lowest BCUT2D eigenvalue weighted by molar-refractivity contribution is -0.140. The van der Waals surface area contributed by atoms with E-state index < -0.39 is 34.8 Å². The highest BCUT2D eigenvalue weighted by Gasteiger charge is 2.25. The van der Waals surface area contributed by atoms with E-state index in [1.54, 1.807) is 0 Å². The SMILES string of the molecule is COC(=O)CCCCCNc1c(F)c(F)c(F)c(F)c1F. The minimum Gasteiger partial charge on any atom is -0.469 e. The maximum absolute atomic E-state index is 13.3. The van der Waals surface area contributed by atoms with E-state index in [0.717, 1.165) is 0 Å². The predicted octanol–water partition coefficient (Wildman–Crippen LogP) is 3.53. The highest BCUT2D eigenvalue weighted by Crippen LogP contribution is 2.27. The van der Waals surface area contributed by atoms with Gasteiger partial charge in [-0.2, -0.15) is 0 Å². The molecule has 0 radical (unpaired) electrons. The molecule has 0 unspecified atom stereocenters. The molecule has 118 valence electrons. The second kappa shape index (κ2) is 7.80. The van der Waals surface area contributed by atoms with Crippen molar-refractivity contribution in [1.29, 1.82) is 0 Å². The number of benzene rings is 1. The van der Waals surface area contributed by atoms with E-state index >= 15 is 0 Å². The summed E-state index contributed by atoms with van der Waals surface area (Å²) in [5.74, 6) is -10.3. The van der Waals surface area contributed by atoms with E-state index in [-0.39, 0.29) is 18.9 Å². The lowest BCUT2D eigenvalue weighted by Crippen LogP contribution is -2.11. The predicted molar refractivity (Wildman–Crippen MR) is 65.2 cm³/mol. The summed E-state index contributed by atoms with van der Waals surface area (Å²) in [6, 6.07) is 0. The number of carbonyl (C=O) groups excluding carboxylic acids is 1. The van der Waals surface area contributed by atoms with Gasteiger partial charge in [0.2, 0.25) is 5.82 Å². The van der Waals surface area contributed by atoms with Crippen molar-refractivity contribution in [3.63, 3.8) is 0 Å². The summed E-state index contributed by atoms with van der Waals surface area (Å²) in [6.07, 6.45) is 1.65. The molecule has 0 fully saturated rings. The third-order valence-corrected chi connectivity index (χ3v) is 2.80. The topological polar surface area (TPSA) is 38.3 Å². The number of esters is 1. The number of carbonyl (C=O) groups is 1. The minimum atomic E-state index is -2.19. The normalized spacial score (nSPS) is 10.6. The van der Waals surface area contributed by atoms with Crippen molar-refractivity contribution in [3.05, 3.63) is 29.1 Å². The Hall–Kier alpha value is -1.86. The van der Waals surface area contributed by atoms with Gasteiger partial charge in [0.05, 0.1) is 7.11 Å². The molecule has 8 heteroatoms. The number of halogens is 5. The van der Waals surface area contributed by atoms with Gasteiger partial charge in [0, 0.05) is 13.0 Å². The molecule has 0 bridgehead atoms. The minimum absolute atomic E-state index is 0.0134. The highest BCUT2D eigenvalue weighted by molar-refractivity contribution is 5.68. The van der Waals surface area contributed by atoms with Crippen LogP contribution in [0.15, 0.2) is 0 Å². The van der Waals surface area contributed by atoms with Gasteiger partial charge in [-0.05, 0) is 12.8 Å². The van der Waals surface area contributed by atoms with Crippen molar-refractivity contribution in [2.24, 2.45) is 0 Å². The zero-order valence-corrected chi connectivity index (χ0v) is 11.2. The molecule has 0 aliphatic carbocycles. The van der Waals surface area contributed by atoms with E-state index in [9.17, 15) is 26.7 Å². The third kappa shape index (κ3) is 4.30. The van der Waals surface area contributed by atoms with Crippen LogP contribution in [-0.4, -0.2) is 19.6 Å². The Labute approximate surface area is 118 Å². The molecule has 3 nitrogen and oxygen atoms in total. The summed E-state index contributed by atoms with van der Waals surface area (Å²) in [4.78, 5) is 10.8. The van der Waals surface area contributed by atoms with Gasteiger partial charge in [-0.3, -0.25) is 4.79 Å². The van der Waals surface area contributed by atoms with Crippen LogP contribution >= 0.6 is 0 Å². The lowest BCUT2D eigenvalue weighted by atomic mass is 10.2.